The molecule has 0 aromatic rings. The van der Waals surface area contributed by atoms with Gasteiger partial charge in [-0.05, 0) is 32.1 Å². The quantitative estimate of drug-likeness (QED) is 0.660. The minimum atomic E-state index is -3.29. The van der Waals surface area contributed by atoms with Gasteiger partial charge in [-0.3, -0.25) is 4.79 Å². The van der Waals surface area contributed by atoms with E-state index in [9.17, 15) is 13.2 Å². The zero-order valence-corrected chi connectivity index (χ0v) is 13.6. The van der Waals surface area contributed by atoms with Crippen LogP contribution in [0.25, 0.3) is 0 Å². The lowest BCUT2D eigenvalue weighted by atomic mass is 9.97. The smallest absolute Gasteiger partial charge is 0.221 e. The number of carbonyl (C=O) groups excluding carboxylic acids is 1. The van der Waals surface area contributed by atoms with Gasteiger partial charge in [-0.1, -0.05) is 17.7 Å². The number of nitrogens with zero attached hydrogens (tertiary/aromatic N) is 1. The maximum absolute atomic E-state index is 11.7. The van der Waals surface area contributed by atoms with Gasteiger partial charge >= 0.3 is 0 Å². The predicted octanol–water partition coefficient (Wildman–Crippen LogP) is 1.83. The molecule has 0 saturated heterocycles. The van der Waals surface area contributed by atoms with Gasteiger partial charge in [0.05, 0.1) is 6.26 Å². The number of allylic oxidation sites excluding steroid dienone is 1. The van der Waals surface area contributed by atoms with E-state index in [1.807, 2.05) is 0 Å². The normalized spacial score (nSPS) is 15.6. The number of hydrogen-bond acceptors (Lipinski definition) is 3. The number of sulfonamides is 1. The van der Waals surface area contributed by atoms with Crippen LogP contribution in [-0.2, 0) is 14.8 Å². The molecule has 0 aromatic heterocycles. The van der Waals surface area contributed by atoms with Crippen LogP contribution in [0.2, 0.25) is 0 Å². The Kier molecular flexibility index (Phi) is 7.67. The van der Waals surface area contributed by atoms with E-state index < -0.39 is 10.0 Å². The molecule has 0 fully saturated rings. The van der Waals surface area contributed by atoms with Crippen molar-refractivity contribution in [2.24, 2.45) is 0 Å². The van der Waals surface area contributed by atoms with E-state index in [1.54, 1.807) is 0 Å². The van der Waals surface area contributed by atoms with Crippen molar-refractivity contribution in [2.75, 3.05) is 25.9 Å². The van der Waals surface area contributed by atoms with Crippen molar-refractivity contribution in [1.82, 2.24) is 9.62 Å². The summed E-state index contributed by atoms with van der Waals surface area (Å²) in [6, 6.07) is 0. The molecule has 1 rings (SSSR count). The largest absolute Gasteiger partial charge is 0.356 e. The fraction of sp³-hybridized carbons (Fsp3) is 0.667. The first-order chi connectivity index (χ1) is 9.93. The number of rotatable bonds is 9. The summed E-state index contributed by atoms with van der Waals surface area (Å²) < 4.78 is 24.2. The standard InChI is InChI=1S/C15H26N2O3S/c1-3-12-17(21(2,19)20)13-10-15(18)16-11-9-14-7-5-4-6-8-14/h3,7H,1,4-6,8-13H2,2H3,(H,16,18). The number of amides is 1. The van der Waals surface area contributed by atoms with Gasteiger partial charge < -0.3 is 5.32 Å². The van der Waals surface area contributed by atoms with Gasteiger partial charge in [0.25, 0.3) is 0 Å². The molecule has 1 N–H and O–H groups in total. The average molecular weight is 314 g/mol. The van der Waals surface area contributed by atoms with Gasteiger partial charge in [0, 0.05) is 26.1 Å². The van der Waals surface area contributed by atoms with Crippen molar-refractivity contribution >= 4 is 15.9 Å². The second kappa shape index (κ2) is 9.00. The zero-order chi connectivity index (χ0) is 15.7. The molecule has 120 valence electrons. The molecule has 0 bridgehead atoms. The third-order valence-electron chi connectivity index (χ3n) is 3.54. The molecule has 0 aliphatic heterocycles. The molecule has 0 heterocycles. The van der Waals surface area contributed by atoms with Crippen molar-refractivity contribution < 1.29 is 13.2 Å². The molecule has 0 atom stereocenters. The molecule has 21 heavy (non-hydrogen) atoms. The van der Waals surface area contributed by atoms with Crippen LogP contribution in [0.15, 0.2) is 24.3 Å². The second-order valence-electron chi connectivity index (χ2n) is 5.37. The molecule has 0 spiro atoms. The molecule has 5 nitrogen and oxygen atoms in total. The van der Waals surface area contributed by atoms with Gasteiger partial charge in [-0.2, -0.15) is 4.31 Å². The third kappa shape index (κ3) is 7.43. The fourth-order valence-electron chi connectivity index (χ4n) is 2.35. The Balaban J connectivity index is 2.26. The minimum absolute atomic E-state index is 0.107. The van der Waals surface area contributed by atoms with E-state index in [2.05, 4.69) is 18.0 Å². The highest BCUT2D eigenvalue weighted by Gasteiger charge is 2.16. The van der Waals surface area contributed by atoms with E-state index in [-0.39, 0.29) is 25.4 Å². The Morgan fingerprint density at radius 2 is 2.24 bits per heavy atom. The van der Waals surface area contributed by atoms with Crippen LogP contribution < -0.4 is 5.32 Å². The molecular formula is C15H26N2O3S. The summed E-state index contributed by atoms with van der Waals surface area (Å²) in [5.74, 6) is -0.107. The first-order valence-corrected chi connectivity index (χ1v) is 9.29. The van der Waals surface area contributed by atoms with Gasteiger partial charge in [-0.25, -0.2) is 8.42 Å². The highest BCUT2D eigenvalue weighted by molar-refractivity contribution is 7.88. The van der Waals surface area contributed by atoms with Crippen LogP contribution in [0.3, 0.4) is 0 Å². The molecule has 6 heteroatoms. The van der Waals surface area contributed by atoms with E-state index in [1.165, 1.54) is 28.8 Å². The Morgan fingerprint density at radius 3 is 2.81 bits per heavy atom. The topological polar surface area (TPSA) is 66.5 Å². The van der Waals surface area contributed by atoms with Crippen molar-refractivity contribution in [3.8, 4) is 0 Å². The Morgan fingerprint density at radius 1 is 1.48 bits per heavy atom. The summed E-state index contributed by atoms with van der Waals surface area (Å²) >= 11 is 0. The van der Waals surface area contributed by atoms with Gasteiger partial charge in [-0.15, -0.1) is 6.58 Å². The minimum Gasteiger partial charge on any atom is -0.356 e. The SMILES string of the molecule is C=CCN(CCC(=O)NCCC1=CCCCC1)S(C)(=O)=O. The molecule has 1 amide bonds. The van der Waals surface area contributed by atoms with Crippen molar-refractivity contribution in [3.63, 3.8) is 0 Å². The lowest BCUT2D eigenvalue weighted by molar-refractivity contribution is -0.121. The van der Waals surface area contributed by atoms with E-state index >= 15 is 0 Å². The summed E-state index contributed by atoms with van der Waals surface area (Å²) in [5, 5.41) is 2.85. The number of carbonyl (C=O) groups is 1. The number of hydrogen-bond donors (Lipinski definition) is 1. The highest BCUT2D eigenvalue weighted by atomic mass is 32.2. The highest BCUT2D eigenvalue weighted by Crippen LogP contribution is 2.19. The van der Waals surface area contributed by atoms with Crippen molar-refractivity contribution in [1.29, 1.82) is 0 Å². The summed E-state index contributed by atoms with van der Waals surface area (Å²) in [4.78, 5) is 11.7. The van der Waals surface area contributed by atoms with E-state index in [4.69, 9.17) is 0 Å². The van der Waals surface area contributed by atoms with Crippen LogP contribution in [0.1, 0.15) is 38.5 Å². The Hall–Kier alpha value is -1.14. The van der Waals surface area contributed by atoms with Crippen LogP contribution in [0.4, 0.5) is 0 Å². The number of nitrogens with one attached hydrogen (secondary N) is 1. The lowest BCUT2D eigenvalue weighted by Crippen LogP contribution is -2.35. The Bertz CT molecular complexity index is 483. The zero-order valence-electron chi connectivity index (χ0n) is 12.8. The van der Waals surface area contributed by atoms with Crippen molar-refractivity contribution in [2.45, 2.75) is 38.5 Å². The molecule has 1 aliphatic rings. The predicted molar refractivity (Wildman–Crippen MR) is 85.4 cm³/mol. The van der Waals surface area contributed by atoms with Gasteiger partial charge in [0.1, 0.15) is 0 Å². The van der Waals surface area contributed by atoms with Crippen LogP contribution in [-0.4, -0.2) is 44.5 Å². The maximum atomic E-state index is 11.7. The molecule has 0 radical (unpaired) electrons. The van der Waals surface area contributed by atoms with Crippen LogP contribution >= 0.6 is 0 Å². The van der Waals surface area contributed by atoms with E-state index in [0.29, 0.717) is 6.54 Å². The second-order valence-corrected chi connectivity index (χ2v) is 7.35. The summed E-state index contributed by atoms with van der Waals surface area (Å²) in [5.41, 5.74) is 1.42. The Labute approximate surface area is 128 Å². The molecule has 0 unspecified atom stereocenters. The molecule has 0 saturated carbocycles. The van der Waals surface area contributed by atoms with Crippen LogP contribution in [0.5, 0.6) is 0 Å². The van der Waals surface area contributed by atoms with Crippen LogP contribution in [0, 0.1) is 0 Å². The molecule has 1 aliphatic carbocycles. The van der Waals surface area contributed by atoms with Crippen molar-refractivity contribution in [3.05, 3.63) is 24.3 Å². The molecule has 0 aromatic carbocycles. The fourth-order valence-corrected chi connectivity index (χ4v) is 3.14. The summed E-state index contributed by atoms with van der Waals surface area (Å²) in [6.07, 6.45) is 10.8. The third-order valence-corrected chi connectivity index (χ3v) is 4.81. The van der Waals surface area contributed by atoms with Gasteiger partial charge in [0.15, 0.2) is 0 Å². The monoisotopic (exact) mass is 314 g/mol. The summed E-state index contributed by atoms with van der Waals surface area (Å²) in [6.45, 7) is 4.59. The molecular weight excluding hydrogens is 288 g/mol. The lowest BCUT2D eigenvalue weighted by Gasteiger charge is -2.18. The summed E-state index contributed by atoms with van der Waals surface area (Å²) in [7, 11) is -3.29. The average Bonchev–Trinajstić information content (AvgIpc) is 2.43. The first-order valence-electron chi connectivity index (χ1n) is 7.44. The van der Waals surface area contributed by atoms with E-state index in [0.717, 1.165) is 25.5 Å². The maximum Gasteiger partial charge on any atom is 0.221 e. The first kappa shape index (κ1) is 17.9. The van der Waals surface area contributed by atoms with Gasteiger partial charge in [0.2, 0.25) is 15.9 Å².